The molecule has 0 heterocycles. The Hall–Kier alpha value is -2.81. The molecule has 29 heavy (non-hydrogen) atoms. The fourth-order valence-electron chi connectivity index (χ4n) is 2.94. The molecule has 2 aromatic rings. The van der Waals surface area contributed by atoms with Gasteiger partial charge in [-0.2, -0.15) is 0 Å². The zero-order chi connectivity index (χ0) is 21.1. The van der Waals surface area contributed by atoms with Crippen LogP contribution in [0, 0.1) is 16.0 Å². The van der Waals surface area contributed by atoms with Crippen molar-refractivity contribution in [2.45, 2.75) is 25.2 Å². The molecule has 2 N–H and O–H groups in total. The SMILES string of the molecule is O=C(O)C(CC[N+](=O)[O-])C(O)(COCc1ccccc1)COCc1ccccc1. The summed E-state index contributed by atoms with van der Waals surface area (Å²) in [5.74, 6) is -2.74. The van der Waals surface area contributed by atoms with E-state index in [9.17, 15) is 25.1 Å². The Morgan fingerprint density at radius 1 is 0.966 bits per heavy atom. The molecule has 0 amide bonds. The molecule has 0 aromatic heterocycles. The first kappa shape index (κ1) is 22.5. The lowest BCUT2D eigenvalue weighted by molar-refractivity contribution is -0.482. The molecule has 0 radical (unpaired) electrons. The highest BCUT2D eigenvalue weighted by Gasteiger charge is 2.43. The van der Waals surface area contributed by atoms with Gasteiger partial charge >= 0.3 is 5.97 Å². The van der Waals surface area contributed by atoms with Gasteiger partial charge in [-0.05, 0) is 11.1 Å². The maximum Gasteiger partial charge on any atom is 0.309 e. The van der Waals surface area contributed by atoms with E-state index in [1.165, 1.54) is 0 Å². The van der Waals surface area contributed by atoms with E-state index in [1.807, 2.05) is 60.7 Å². The smallest absolute Gasteiger partial charge is 0.309 e. The molecule has 1 unspecified atom stereocenters. The minimum Gasteiger partial charge on any atom is -0.481 e. The first-order chi connectivity index (χ1) is 13.9. The number of carboxylic acids is 1. The van der Waals surface area contributed by atoms with Gasteiger partial charge in [0.15, 0.2) is 0 Å². The topological polar surface area (TPSA) is 119 Å². The number of aliphatic carboxylic acids is 1. The van der Waals surface area contributed by atoms with Crippen LogP contribution < -0.4 is 0 Å². The standard InChI is InChI=1S/C21H25NO7/c23-20(24)19(11-12-22(26)27)21(25,15-28-13-17-7-3-1-4-8-17)16-29-14-18-9-5-2-6-10-18/h1-10,19,25H,11-16H2,(H,23,24). The molecule has 0 saturated heterocycles. The normalized spacial score (nSPS) is 12.4. The van der Waals surface area contributed by atoms with E-state index in [0.29, 0.717) is 0 Å². The number of benzene rings is 2. The molecule has 0 spiro atoms. The van der Waals surface area contributed by atoms with Gasteiger partial charge in [0.2, 0.25) is 6.54 Å². The van der Waals surface area contributed by atoms with Crippen molar-refractivity contribution in [3.63, 3.8) is 0 Å². The van der Waals surface area contributed by atoms with Gasteiger partial charge in [0.1, 0.15) is 5.60 Å². The van der Waals surface area contributed by atoms with Gasteiger partial charge in [-0.3, -0.25) is 14.9 Å². The van der Waals surface area contributed by atoms with Crippen molar-refractivity contribution in [2.75, 3.05) is 19.8 Å². The second-order valence-electron chi connectivity index (χ2n) is 6.80. The highest BCUT2D eigenvalue weighted by Crippen LogP contribution is 2.24. The third kappa shape index (κ3) is 7.61. The molecular weight excluding hydrogens is 378 g/mol. The second kappa shape index (κ2) is 11.3. The maximum atomic E-state index is 11.7. The van der Waals surface area contributed by atoms with Crippen molar-refractivity contribution in [3.05, 3.63) is 81.9 Å². The third-order valence-electron chi connectivity index (χ3n) is 4.47. The van der Waals surface area contributed by atoms with Crippen LogP contribution in [0.5, 0.6) is 0 Å². The van der Waals surface area contributed by atoms with Gasteiger partial charge < -0.3 is 19.7 Å². The number of ether oxygens (including phenoxy) is 2. The fourth-order valence-corrected chi connectivity index (χ4v) is 2.94. The summed E-state index contributed by atoms with van der Waals surface area (Å²) in [5, 5.41) is 31.3. The Labute approximate surface area is 168 Å². The number of nitro groups is 1. The number of aliphatic hydroxyl groups is 1. The van der Waals surface area contributed by atoms with Crippen LogP contribution >= 0.6 is 0 Å². The second-order valence-corrected chi connectivity index (χ2v) is 6.80. The molecular formula is C21H25NO7. The molecule has 0 aliphatic heterocycles. The molecule has 8 nitrogen and oxygen atoms in total. The maximum absolute atomic E-state index is 11.7. The Morgan fingerprint density at radius 2 is 1.41 bits per heavy atom. The molecule has 0 aliphatic carbocycles. The predicted octanol–water partition coefficient (Wildman–Crippen LogP) is 2.52. The molecule has 0 fully saturated rings. The lowest BCUT2D eigenvalue weighted by Crippen LogP contribution is -2.50. The van der Waals surface area contributed by atoms with Crippen molar-refractivity contribution in [2.24, 2.45) is 5.92 Å². The van der Waals surface area contributed by atoms with E-state index in [4.69, 9.17) is 9.47 Å². The number of hydrogen-bond acceptors (Lipinski definition) is 6. The Bertz CT molecular complexity index is 722. The highest BCUT2D eigenvalue weighted by molar-refractivity contribution is 5.71. The van der Waals surface area contributed by atoms with E-state index in [0.717, 1.165) is 11.1 Å². The van der Waals surface area contributed by atoms with Gasteiger partial charge in [0.05, 0.1) is 32.3 Å². The largest absolute Gasteiger partial charge is 0.481 e. The van der Waals surface area contributed by atoms with Crippen molar-refractivity contribution in [1.82, 2.24) is 0 Å². The lowest BCUT2D eigenvalue weighted by Gasteiger charge is -2.32. The van der Waals surface area contributed by atoms with Crippen LogP contribution in [0.25, 0.3) is 0 Å². The first-order valence-corrected chi connectivity index (χ1v) is 9.21. The summed E-state index contributed by atoms with van der Waals surface area (Å²) in [5.41, 5.74) is -0.194. The van der Waals surface area contributed by atoms with Crippen LogP contribution in [0.3, 0.4) is 0 Å². The van der Waals surface area contributed by atoms with E-state index < -0.39 is 29.0 Å². The zero-order valence-corrected chi connectivity index (χ0v) is 16.0. The summed E-state index contributed by atoms with van der Waals surface area (Å²) in [6.45, 7) is -0.889. The van der Waals surface area contributed by atoms with Crippen LogP contribution in [-0.2, 0) is 27.5 Å². The molecule has 2 aromatic carbocycles. The van der Waals surface area contributed by atoms with Crippen LogP contribution in [0.15, 0.2) is 60.7 Å². The molecule has 1 atom stereocenters. The summed E-state index contributed by atoms with van der Waals surface area (Å²) in [6, 6.07) is 18.4. The molecule has 2 rings (SSSR count). The number of rotatable bonds is 13. The third-order valence-corrected chi connectivity index (χ3v) is 4.47. The summed E-state index contributed by atoms with van der Waals surface area (Å²) < 4.78 is 11.1. The van der Waals surface area contributed by atoms with E-state index in [-0.39, 0.29) is 32.8 Å². The average molecular weight is 403 g/mol. The van der Waals surface area contributed by atoms with Crippen molar-refractivity contribution < 1.29 is 29.4 Å². The van der Waals surface area contributed by atoms with Crippen molar-refractivity contribution >= 4 is 5.97 Å². The van der Waals surface area contributed by atoms with E-state index >= 15 is 0 Å². The minimum absolute atomic E-state index is 0.170. The van der Waals surface area contributed by atoms with Gasteiger partial charge in [-0.25, -0.2) is 0 Å². The molecule has 8 heteroatoms. The van der Waals surface area contributed by atoms with Crippen molar-refractivity contribution in [3.8, 4) is 0 Å². The molecule has 156 valence electrons. The van der Waals surface area contributed by atoms with Gasteiger partial charge in [-0.15, -0.1) is 0 Å². The Morgan fingerprint density at radius 3 is 1.79 bits per heavy atom. The van der Waals surface area contributed by atoms with Gasteiger partial charge in [-0.1, -0.05) is 60.7 Å². The predicted molar refractivity (Wildman–Crippen MR) is 105 cm³/mol. The van der Waals surface area contributed by atoms with Gasteiger partial charge in [0, 0.05) is 11.3 Å². The first-order valence-electron chi connectivity index (χ1n) is 9.21. The minimum atomic E-state index is -1.91. The van der Waals surface area contributed by atoms with Gasteiger partial charge in [0.25, 0.3) is 0 Å². The monoisotopic (exact) mass is 403 g/mol. The van der Waals surface area contributed by atoms with Crippen LogP contribution in [0.4, 0.5) is 0 Å². The summed E-state index contributed by atoms with van der Waals surface area (Å²) in [4.78, 5) is 21.8. The highest BCUT2D eigenvalue weighted by atomic mass is 16.6. The zero-order valence-electron chi connectivity index (χ0n) is 16.0. The molecule has 0 aliphatic rings. The number of nitrogens with zero attached hydrogens (tertiary/aromatic N) is 1. The van der Waals surface area contributed by atoms with Crippen LogP contribution in [0.1, 0.15) is 17.5 Å². The lowest BCUT2D eigenvalue weighted by atomic mass is 9.86. The number of carboxylic acid groups (broad SMARTS) is 1. The Kier molecular flexibility index (Phi) is 8.72. The summed E-state index contributed by atoms with van der Waals surface area (Å²) in [6.07, 6.45) is -0.331. The van der Waals surface area contributed by atoms with E-state index in [2.05, 4.69) is 0 Å². The van der Waals surface area contributed by atoms with Crippen LogP contribution in [0.2, 0.25) is 0 Å². The van der Waals surface area contributed by atoms with Crippen LogP contribution in [-0.4, -0.2) is 46.5 Å². The fraction of sp³-hybridized carbons (Fsp3) is 0.381. The Balaban J connectivity index is 2.05. The summed E-state index contributed by atoms with van der Waals surface area (Å²) >= 11 is 0. The summed E-state index contributed by atoms with van der Waals surface area (Å²) in [7, 11) is 0. The van der Waals surface area contributed by atoms with E-state index in [1.54, 1.807) is 0 Å². The van der Waals surface area contributed by atoms with Crippen molar-refractivity contribution in [1.29, 1.82) is 0 Å². The number of hydrogen-bond donors (Lipinski definition) is 2. The average Bonchev–Trinajstić information content (AvgIpc) is 2.69. The molecule has 0 bridgehead atoms. The number of carbonyl (C=O) groups is 1. The quantitative estimate of drug-likeness (QED) is 0.389. The molecule has 0 saturated carbocycles.